The Morgan fingerprint density at radius 1 is 0.778 bits per heavy atom. The van der Waals surface area contributed by atoms with Crippen molar-refractivity contribution in [2.45, 2.75) is 0 Å². The van der Waals surface area contributed by atoms with Gasteiger partial charge in [0.05, 0.1) is 16.8 Å². The molecule has 3 aromatic carbocycles. The largest absolute Gasteiger partial charge is 0.486 e. The van der Waals surface area contributed by atoms with Crippen LogP contribution >= 0.6 is 0 Å². The summed E-state index contributed by atoms with van der Waals surface area (Å²) < 4.78 is 12.8. The van der Waals surface area contributed by atoms with Gasteiger partial charge in [-0.05, 0) is 36.4 Å². The van der Waals surface area contributed by atoms with Gasteiger partial charge < -0.3 is 9.47 Å². The molecule has 0 spiro atoms. The predicted octanol–water partition coefficient (Wildman–Crippen LogP) is 3.82. The quantitative estimate of drug-likeness (QED) is 0.548. The highest BCUT2D eigenvalue weighted by Crippen LogP contribution is 2.35. The number of ether oxygens (including phenoxy) is 2. The molecule has 27 heavy (non-hydrogen) atoms. The molecule has 5 rings (SSSR count). The number of nitrogens with zero attached hydrogens (tertiary/aromatic N) is 2. The molecular formula is C22H16N2O3. The average molecular weight is 356 g/mol. The molecule has 5 heteroatoms. The zero-order chi connectivity index (χ0) is 18.2. The Bertz CT molecular complexity index is 1200. The number of aromatic nitrogens is 2. The van der Waals surface area contributed by atoms with Crippen molar-refractivity contribution in [1.82, 2.24) is 9.78 Å². The maximum absolute atomic E-state index is 13.0. The molecule has 1 aromatic heterocycles. The number of rotatable bonds is 2. The molecule has 2 heterocycles. The first-order valence-corrected chi connectivity index (χ1v) is 8.79. The highest BCUT2D eigenvalue weighted by molar-refractivity contribution is 5.94. The van der Waals surface area contributed by atoms with Gasteiger partial charge in [-0.2, -0.15) is 9.78 Å². The lowest BCUT2D eigenvalue weighted by atomic mass is 10.0. The van der Waals surface area contributed by atoms with Gasteiger partial charge >= 0.3 is 0 Å². The molecule has 0 aliphatic carbocycles. The van der Waals surface area contributed by atoms with E-state index in [0.717, 1.165) is 28.1 Å². The first-order valence-electron chi connectivity index (χ1n) is 8.79. The van der Waals surface area contributed by atoms with Gasteiger partial charge in [0.15, 0.2) is 11.5 Å². The molecule has 0 bridgehead atoms. The van der Waals surface area contributed by atoms with E-state index in [0.29, 0.717) is 24.3 Å². The van der Waals surface area contributed by atoms with Crippen molar-refractivity contribution in [1.29, 1.82) is 0 Å². The molecule has 1 aliphatic rings. The molecule has 0 amide bonds. The van der Waals surface area contributed by atoms with Crippen molar-refractivity contribution >= 4 is 10.8 Å². The SMILES string of the molecule is O=c1c2ccccc2c(-c2ccc3c(c2)OCCO3)nn1-c1ccccc1. The summed E-state index contributed by atoms with van der Waals surface area (Å²) in [4.78, 5) is 13.0. The van der Waals surface area contributed by atoms with Crippen LogP contribution in [0.4, 0.5) is 0 Å². The first-order chi connectivity index (χ1) is 13.3. The number of para-hydroxylation sites is 1. The van der Waals surface area contributed by atoms with E-state index in [-0.39, 0.29) is 5.56 Å². The van der Waals surface area contributed by atoms with Gasteiger partial charge in [-0.3, -0.25) is 4.79 Å². The Hall–Kier alpha value is -3.60. The molecule has 1 aliphatic heterocycles. The normalized spacial score (nSPS) is 12.9. The lowest BCUT2D eigenvalue weighted by Crippen LogP contribution is -2.22. The Balaban J connectivity index is 1.79. The van der Waals surface area contributed by atoms with Crippen LogP contribution in [0, 0.1) is 0 Å². The minimum atomic E-state index is -0.141. The fourth-order valence-corrected chi connectivity index (χ4v) is 3.34. The second-order valence-corrected chi connectivity index (χ2v) is 6.31. The lowest BCUT2D eigenvalue weighted by Gasteiger charge is -2.19. The molecule has 0 radical (unpaired) electrons. The summed E-state index contributed by atoms with van der Waals surface area (Å²) in [6.45, 7) is 1.07. The molecule has 0 saturated carbocycles. The van der Waals surface area contributed by atoms with Crippen LogP contribution in [-0.2, 0) is 0 Å². The van der Waals surface area contributed by atoms with Crippen LogP contribution in [0.2, 0.25) is 0 Å². The third-order valence-corrected chi connectivity index (χ3v) is 4.62. The van der Waals surface area contributed by atoms with Gasteiger partial charge in [-0.25, -0.2) is 0 Å². The van der Waals surface area contributed by atoms with Gasteiger partial charge in [0.1, 0.15) is 13.2 Å². The van der Waals surface area contributed by atoms with Crippen LogP contribution in [0.15, 0.2) is 77.6 Å². The molecule has 0 atom stereocenters. The molecule has 5 nitrogen and oxygen atoms in total. The maximum Gasteiger partial charge on any atom is 0.279 e. The molecule has 0 unspecified atom stereocenters. The van der Waals surface area contributed by atoms with E-state index in [2.05, 4.69) is 0 Å². The summed E-state index contributed by atoms with van der Waals surface area (Å²) in [5.74, 6) is 1.42. The van der Waals surface area contributed by atoms with E-state index < -0.39 is 0 Å². The Morgan fingerprint density at radius 3 is 2.30 bits per heavy atom. The minimum absolute atomic E-state index is 0.141. The first kappa shape index (κ1) is 15.6. The summed E-state index contributed by atoms with van der Waals surface area (Å²) in [5, 5.41) is 6.14. The molecule has 132 valence electrons. The molecule has 4 aromatic rings. The molecule has 0 N–H and O–H groups in total. The highest BCUT2D eigenvalue weighted by atomic mass is 16.6. The second kappa shape index (κ2) is 6.29. The van der Waals surface area contributed by atoms with Gasteiger partial charge in [-0.1, -0.05) is 36.4 Å². The van der Waals surface area contributed by atoms with Crippen molar-refractivity contribution < 1.29 is 9.47 Å². The smallest absolute Gasteiger partial charge is 0.279 e. The van der Waals surface area contributed by atoms with Crippen LogP contribution in [0.1, 0.15) is 0 Å². The molecule has 0 fully saturated rings. The number of hydrogen-bond donors (Lipinski definition) is 0. The van der Waals surface area contributed by atoms with E-state index in [1.807, 2.05) is 72.8 Å². The van der Waals surface area contributed by atoms with E-state index in [1.54, 1.807) is 0 Å². The van der Waals surface area contributed by atoms with Crippen LogP contribution in [-0.4, -0.2) is 23.0 Å². The zero-order valence-corrected chi connectivity index (χ0v) is 14.5. The van der Waals surface area contributed by atoms with Crippen molar-refractivity contribution in [2.24, 2.45) is 0 Å². The van der Waals surface area contributed by atoms with E-state index in [9.17, 15) is 4.79 Å². The Morgan fingerprint density at radius 2 is 1.48 bits per heavy atom. The number of hydrogen-bond acceptors (Lipinski definition) is 4. The average Bonchev–Trinajstić information content (AvgIpc) is 2.74. The van der Waals surface area contributed by atoms with E-state index >= 15 is 0 Å². The van der Waals surface area contributed by atoms with Crippen molar-refractivity contribution in [3.63, 3.8) is 0 Å². The Kier molecular flexibility index (Phi) is 3.64. The van der Waals surface area contributed by atoms with Crippen LogP contribution in [0.5, 0.6) is 11.5 Å². The van der Waals surface area contributed by atoms with Gasteiger partial charge in [0.25, 0.3) is 5.56 Å². The summed E-state index contributed by atoms with van der Waals surface area (Å²) in [7, 11) is 0. The van der Waals surface area contributed by atoms with Gasteiger partial charge in [0.2, 0.25) is 0 Å². The third kappa shape index (κ3) is 2.64. The second-order valence-electron chi connectivity index (χ2n) is 6.31. The van der Waals surface area contributed by atoms with Gasteiger partial charge in [-0.15, -0.1) is 0 Å². The summed E-state index contributed by atoms with van der Waals surface area (Å²) in [5.41, 5.74) is 2.19. The van der Waals surface area contributed by atoms with Crippen LogP contribution in [0.25, 0.3) is 27.7 Å². The molecule has 0 saturated heterocycles. The highest BCUT2D eigenvalue weighted by Gasteiger charge is 2.17. The number of fused-ring (bicyclic) bond motifs is 2. The maximum atomic E-state index is 13.0. The zero-order valence-electron chi connectivity index (χ0n) is 14.5. The topological polar surface area (TPSA) is 53.4 Å². The standard InChI is InChI=1S/C22H16N2O3/c25-22-18-9-5-4-8-17(18)21(23-24(22)16-6-2-1-3-7-16)15-10-11-19-20(14-15)27-13-12-26-19/h1-11,14H,12-13H2. The third-order valence-electron chi connectivity index (χ3n) is 4.62. The van der Waals surface area contributed by atoms with Crippen molar-refractivity contribution in [3.05, 3.63) is 83.2 Å². The number of benzene rings is 3. The fraction of sp³-hybridized carbons (Fsp3) is 0.0909. The molecular weight excluding hydrogens is 340 g/mol. The van der Waals surface area contributed by atoms with Crippen LogP contribution < -0.4 is 15.0 Å². The van der Waals surface area contributed by atoms with Crippen molar-refractivity contribution in [2.75, 3.05) is 13.2 Å². The summed E-state index contributed by atoms with van der Waals surface area (Å²) in [6.07, 6.45) is 0. The summed E-state index contributed by atoms with van der Waals surface area (Å²) in [6, 6.07) is 22.7. The Labute approximate surface area is 155 Å². The van der Waals surface area contributed by atoms with Crippen LogP contribution in [0.3, 0.4) is 0 Å². The minimum Gasteiger partial charge on any atom is -0.486 e. The van der Waals surface area contributed by atoms with Gasteiger partial charge in [0, 0.05) is 10.9 Å². The lowest BCUT2D eigenvalue weighted by molar-refractivity contribution is 0.171. The summed E-state index contributed by atoms with van der Waals surface area (Å²) >= 11 is 0. The van der Waals surface area contributed by atoms with E-state index in [4.69, 9.17) is 14.6 Å². The van der Waals surface area contributed by atoms with E-state index in [1.165, 1.54) is 4.68 Å². The monoisotopic (exact) mass is 356 g/mol. The predicted molar refractivity (Wildman–Crippen MR) is 104 cm³/mol. The fourth-order valence-electron chi connectivity index (χ4n) is 3.34. The van der Waals surface area contributed by atoms with Crippen molar-refractivity contribution in [3.8, 4) is 28.4 Å².